The number of nitrogens with one attached hydrogen (secondary N) is 1. The molecule has 6 heterocycles. The number of amides is 2. The van der Waals surface area contributed by atoms with Gasteiger partial charge in [0.1, 0.15) is 0 Å². The standard InChI is InChI=1S/C19H31N3O.C19H30N2.C19H32N2.C18H29N3O.C18H31N3.C18H30N2/c1-14(2)15-7-8-18(17(13-15)19(23)21(5)6)22-11-9-16(10-12-22)20(3)4;1-14(2)16-7-8-19(18(13-16)15-5-6-15)21-11-9-17(10-12-21)20(3)4;1-14(2)16-7-8-19(18(13-16)15(3)4)21-11-9-17(10-12-21)20(5)6;1-13(2)14-6-7-17(16(12-14)18(22)19-3)21-10-8-15(9-11-21)20(4)5;1-14(2)15-7-8-17(18(13-15)20(5)6)21-11-9-16(10-12-21)19(3)4;1-6-15-13-16(14(2)3)7-8-18(15)20-11-9-17(10-12-20)19(4)5/h7-8,13-14,16H,9-12H2,1-6H3;7-8,13-15,17H,5-6,9-12H2,1-4H3;7-8,13-15,17H,9-12H2,1-6H3;6-7,12-13,15H,8-11H2,1-5H3,(H,19,22);7-8,13-14,16H,9-12H2,1-6H3;7-8,13-14,17H,6,9-12H2,1-5H3. The first-order valence-electron chi connectivity index (χ1n) is 50.0. The van der Waals surface area contributed by atoms with Crippen LogP contribution in [0.4, 0.5) is 39.8 Å². The van der Waals surface area contributed by atoms with Crippen LogP contribution in [0.2, 0.25) is 0 Å². The maximum Gasteiger partial charge on any atom is 0.255 e. The van der Waals surface area contributed by atoms with Gasteiger partial charge in [-0.3, -0.25) is 9.59 Å². The molecular weight excluding hydrogens is 1580 g/mol. The lowest BCUT2D eigenvalue weighted by Crippen LogP contribution is -2.42. The summed E-state index contributed by atoms with van der Waals surface area (Å²) in [5.74, 6) is 4.83. The van der Waals surface area contributed by atoms with Crippen LogP contribution in [0.15, 0.2) is 109 Å². The van der Waals surface area contributed by atoms with E-state index in [1.54, 1.807) is 17.5 Å². The van der Waals surface area contributed by atoms with Crippen molar-refractivity contribution in [2.75, 3.05) is 233 Å². The van der Waals surface area contributed by atoms with Crippen molar-refractivity contribution in [2.45, 2.75) is 284 Å². The van der Waals surface area contributed by atoms with Crippen molar-refractivity contribution in [1.82, 2.24) is 39.6 Å². The zero-order valence-corrected chi connectivity index (χ0v) is 87.1. The van der Waals surface area contributed by atoms with Crippen LogP contribution in [-0.4, -0.2) is 281 Å². The lowest BCUT2D eigenvalue weighted by Gasteiger charge is -2.38. The molecule has 1 N–H and O–H groups in total. The van der Waals surface area contributed by atoms with Crippen molar-refractivity contribution in [1.29, 1.82) is 0 Å². The summed E-state index contributed by atoms with van der Waals surface area (Å²) in [4.78, 5) is 58.1. The molecule has 128 heavy (non-hydrogen) atoms. The first-order chi connectivity index (χ1) is 60.6. The maximum absolute atomic E-state index is 12.6. The van der Waals surface area contributed by atoms with Crippen LogP contribution in [0, 0.1) is 0 Å². The smallest absolute Gasteiger partial charge is 0.255 e. The molecule has 0 aromatic heterocycles. The molecule has 17 heteroatoms. The Kier molecular flexibility index (Phi) is 41.8. The topological polar surface area (TPSA) is 91.5 Å². The average molecular weight is 1760 g/mol. The van der Waals surface area contributed by atoms with E-state index in [9.17, 15) is 9.59 Å². The summed E-state index contributed by atoms with van der Waals surface area (Å²) in [6.07, 6.45) is 18.7. The summed E-state index contributed by atoms with van der Waals surface area (Å²) >= 11 is 0. The van der Waals surface area contributed by atoms with Crippen LogP contribution in [-0.2, 0) is 6.42 Å². The van der Waals surface area contributed by atoms with Crippen molar-refractivity contribution >= 4 is 51.6 Å². The highest BCUT2D eigenvalue weighted by Gasteiger charge is 2.33. The molecule has 6 saturated heterocycles. The molecule has 0 radical (unpaired) electrons. The van der Waals surface area contributed by atoms with Gasteiger partial charge in [-0.2, -0.15) is 0 Å². The molecule has 7 aliphatic rings. The number of carbonyl (C=O) groups excluding carboxylic acids is 2. The molecular formula is C111H183N15O2. The average Bonchev–Trinajstić information content (AvgIpc) is 1.74. The Morgan fingerprint density at radius 1 is 0.305 bits per heavy atom. The van der Waals surface area contributed by atoms with Crippen LogP contribution < -0.4 is 39.6 Å². The Bertz CT molecular complexity index is 4090. The lowest BCUT2D eigenvalue weighted by molar-refractivity contribution is 0.0827. The number of carbonyl (C=O) groups is 2. The minimum absolute atomic E-state index is 0.00670. The van der Waals surface area contributed by atoms with E-state index in [4.69, 9.17) is 0 Å². The van der Waals surface area contributed by atoms with E-state index in [0.717, 1.165) is 124 Å². The van der Waals surface area contributed by atoms with E-state index in [0.29, 0.717) is 53.5 Å². The van der Waals surface area contributed by atoms with E-state index in [1.807, 2.05) is 14.1 Å². The Morgan fingerprint density at radius 3 is 0.883 bits per heavy atom. The van der Waals surface area contributed by atoms with Crippen molar-refractivity contribution in [3.05, 3.63) is 170 Å². The van der Waals surface area contributed by atoms with Gasteiger partial charge in [0.25, 0.3) is 11.8 Å². The number of hydrogen-bond acceptors (Lipinski definition) is 15. The molecule has 1 aliphatic carbocycles. The van der Waals surface area contributed by atoms with Crippen molar-refractivity contribution in [2.24, 2.45) is 0 Å². The molecule has 714 valence electrons. The van der Waals surface area contributed by atoms with E-state index < -0.39 is 0 Å². The first kappa shape index (κ1) is 106. The van der Waals surface area contributed by atoms with Crippen LogP contribution in [0.5, 0.6) is 0 Å². The summed E-state index contributed by atoms with van der Waals surface area (Å²) in [6, 6.07) is 45.5. The fourth-order valence-electron chi connectivity index (χ4n) is 19.6. The lowest BCUT2D eigenvalue weighted by atomic mass is 9.92. The summed E-state index contributed by atoms with van der Waals surface area (Å²) in [6.45, 7) is 47.3. The Morgan fingerprint density at radius 2 is 0.570 bits per heavy atom. The van der Waals surface area contributed by atoms with Gasteiger partial charge in [-0.1, -0.05) is 158 Å². The van der Waals surface area contributed by atoms with Crippen LogP contribution in [0.1, 0.15) is 312 Å². The predicted molar refractivity (Wildman–Crippen MR) is 558 cm³/mol. The number of rotatable bonds is 24. The van der Waals surface area contributed by atoms with E-state index in [1.165, 1.54) is 176 Å². The van der Waals surface area contributed by atoms with Crippen LogP contribution in [0.25, 0.3) is 0 Å². The van der Waals surface area contributed by atoms with Crippen molar-refractivity contribution in [3.63, 3.8) is 0 Å². The van der Waals surface area contributed by atoms with Gasteiger partial charge in [0.15, 0.2) is 0 Å². The van der Waals surface area contributed by atoms with Gasteiger partial charge in [0.2, 0.25) is 0 Å². The normalized spacial score (nSPS) is 17.4. The Labute approximate surface area is 783 Å². The Balaban J connectivity index is 0.000000190. The van der Waals surface area contributed by atoms with Gasteiger partial charge in [0, 0.05) is 178 Å². The molecule has 6 aromatic carbocycles. The first-order valence-corrected chi connectivity index (χ1v) is 50.0. The fourth-order valence-corrected chi connectivity index (χ4v) is 19.6. The van der Waals surface area contributed by atoms with E-state index in [2.05, 4.69) is 381 Å². The van der Waals surface area contributed by atoms with Crippen molar-refractivity contribution in [3.8, 4) is 0 Å². The maximum atomic E-state index is 12.6. The van der Waals surface area contributed by atoms with Gasteiger partial charge in [-0.15, -0.1) is 0 Å². The number of aryl methyl sites for hydroxylation is 1. The monoisotopic (exact) mass is 1760 g/mol. The highest BCUT2D eigenvalue weighted by molar-refractivity contribution is 6.00. The summed E-state index contributed by atoms with van der Waals surface area (Å²) in [5, 5.41) is 2.78. The minimum Gasteiger partial charge on any atom is -0.376 e. The van der Waals surface area contributed by atoms with Gasteiger partial charge >= 0.3 is 0 Å². The number of anilines is 7. The second kappa shape index (κ2) is 50.5. The zero-order chi connectivity index (χ0) is 94.2. The van der Waals surface area contributed by atoms with E-state index in [-0.39, 0.29) is 11.8 Å². The number of benzene rings is 6. The van der Waals surface area contributed by atoms with Crippen LogP contribution in [0.3, 0.4) is 0 Å². The SMILES string of the molecule is CC(C)c1ccc(N2CCC(N(C)C)CC2)c(C(=O)N(C)C)c1.CC(C)c1ccc(N2CCC(N(C)C)CC2)c(C(C)C)c1.CC(C)c1ccc(N2CCC(N(C)C)CC2)c(C2CC2)c1.CC(C)c1ccc(N2CCC(N(C)C)CC2)c(N(C)C)c1.CCc1cc(C(C)C)ccc1N1CCC(N(C)C)CC1.CNC(=O)c1cc(C(C)C)ccc1N1CCC(N(C)C)CC1. The summed E-state index contributed by atoms with van der Waals surface area (Å²) in [5.41, 5.74) is 24.0. The third-order valence-electron chi connectivity index (χ3n) is 29.1. The van der Waals surface area contributed by atoms with Gasteiger partial charge in [-0.05, 0) is 333 Å². The highest BCUT2D eigenvalue weighted by Crippen LogP contribution is 2.47. The van der Waals surface area contributed by atoms with Crippen LogP contribution >= 0.6 is 0 Å². The third kappa shape index (κ3) is 30.1. The molecule has 2 amide bonds. The second-order valence-electron chi connectivity index (χ2n) is 42.3. The third-order valence-corrected chi connectivity index (χ3v) is 29.1. The zero-order valence-electron chi connectivity index (χ0n) is 87.1. The molecule has 6 aromatic rings. The number of nitrogens with zero attached hydrogens (tertiary/aromatic N) is 14. The molecule has 0 unspecified atom stereocenters. The largest absolute Gasteiger partial charge is 0.376 e. The highest BCUT2D eigenvalue weighted by atomic mass is 16.2. The number of hydrogen-bond donors (Lipinski definition) is 1. The molecule has 1 saturated carbocycles. The Hall–Kier alpha value is -7.38. The van der Waals surface area contributed by atoms with Gasteiger partial charge < -0.3 is 73.9 Å². The molecule has 0 bridgehead atoms. The molecule has 7 fully saturated rings. The summed E-state index contributed by atoms with van der Waals surface area (Å²) in [7, 11) is 35.9. The van der Waals surface area contributed by atoms with E-state index >= 15 is 0 Å². The predicted octanol–water partition coefficient (Wildman–Crippen LogP) is 21.7. The number of piperidine rings is 6. The minimum atomic E-state index is 0.00670. The molecule has 0 atom stereocenters. The molecule has 13 rings (SSSR count). The molecule has 6 aliphatic heterocycles. The second-order valence-corrected chi connectivity index (χ2v) is 42.3. The van der Waals surface area contributed by atoms with Crippen molar-refractivity contribution < 1.29 is 9.59 Å². The quantitative estimate of drug-likeness (QED) is 0.0623. The fraction of sp³-hybridized carbons (Fsp3) is 0.658. The van der Waals surface area contributed by atoms with Gasteiger partial charge in [-0.25, -0.2) is 0 Å². The molecule has 17 nitrogen and oxygen atoms in total. The summed E-state index contributed by atoms with van der Waals surface area (Å²) < 4.78 is 0. The van der Waals surface area contributed by atoms with Gasteiger partial charge in [0.05, 0.1) is 22.5 Å². The molecule has 0 spiro atoms.